The Morgan fingerprint density at radius 2 is 1.93 bits per heavy atom. The molecule has 1 unspecified atom stereocenters. The van der Waals surface area contributed by atoms with Crippen molar-refractivity contribution in [3.05, 3.63) is 0 Å². The topological polar surface area (TPSA) is 24.1 Å². The number of rotatable bonds is 7. The Balaban J connectivity index is 1.97. The van der Waals surface area contributed by atoms with Gasteiger partial charge >= 0.3 is 0 Å². The molecule has 1 aliphatic carbocycles. The maximum absolute atomic E-state index is 3.73. The SMILES string of the molecule is CNCCCC(C)CNC1CCCCC1. The van der Waals surface area contributed by atoms with Crippen LogP contribution in [0.15, 0.2) is 0 Å². The van der Waals surface area contributed by atoms with Crippen LogP contribution in [0.3, 0.4) is 0 Å². The van der Waals surface area contributed by atoms with Crippen LogP contribution in [0.5, 0.6) is 0 Å². The van der Waals surface area contributed by atoms with Gasteiger partial charge in [-0.15, -0.1) is 0 Å². The van der Waals surface area contributed by atoms with E-state index in [0.29, 0.717) is 0 Å². The Labute approximate surface area is 95.2 Å². The second kappa shape index (κ2) is 8.12. The van der Waals surface area contributed by atoms with Crippen molar-refractivity contribution in [3.8, 4) is 0 Å². The van der Waals surface area contributed by atoms with E-state index in [1.54, 1.807) is 0 Å². The fourth-order valence-corrected chi connectivity index (χ4v) is 2.40. The summed E-state index contributed by atoms with van der Waals surface area (Å²) in [6.45, 7) is 4.74. The van der Waals surface area contributed by atoms with E-state index < -0.39 is 0 Å². The smallest absolute Gasteiger partial charge is 0.00671 e. The lowest BCUT2D eigenvalue weighted by molar-refractivity contribution is 0.344. The van der Waals surface area contributed by atoms with Crippen molar-refractivity contribution in [1.82, 2.24) is 10.6 Å². The van der Waals surface area contributed by atoms with Crippen molar-refractivity contribution in [2.45, 2.75) is 57.9 Å². The fourth-order valence-electron chi connectivity index (χ4n) is 2.40. The maximum Gasteiger partial charge on any atom is 0.00671 e. The summed E-state index contributed by atoms with van der Waals surface area (Å²) in [6.07, 6.45) is 9.80. The van der Waals surface area contributed by atoms with E-state index in [-0.39, 0.29) is 0 Å². The zero-order valence-corrected chi connectivity index (χ0v) is 10.5. The van der Waals surface area contributed by atoms with E-state index in [2.05, 4.69) is 17.6 Å². The second-order valence-corrected chi connectivity index (χ2v) is 5.09. The lowest BCUT2D eigenvalue weighted by Gasteiger charge is -2.24. The molecule has 0 radical (unpaired) electrons. The predicted octanol–water partition coefficient (Wildman–Crippen LogP) is 2.54. The summed E-state index contributed by atoms with van der Waals surface area (Å²) in [6, 6.07) is 0.825. The van der Waals surface area contributed by atoms with Gasteiger partial charge in [-0.05, 0) is 51.7 Å². The summed E-state index contributed by atoms with van der Waals surface area (Å²) in [4.78, 5) is 0. The lowest BCUT2D eigenvalue weighted by Crippen LogP contribution is -2.34. The van der Waals surface area contributed by atoms with Crippen LogP contribution in [0, 0.1) is 5.92 Å². The first-order chi connectivity index (χ1) is 7.33. The Morgan fingerprint density at radius 3 is 2.60 bits per heavy atom. The zero-order valence-electron chi connectivity index (χ0n) is 10.5. The highest BCUT2D eigenvalue weighted by Crippen LogP contribution is 2.17. The zero-order chi connectivity index (χ0) is 10.9. The molecule has 0 aliphatic heterocycles. The van der Waals surface area contributed by atoms with E-state index in [1.807, 2.05) is 7.05 Å². The molecule has 2 heteroatoms. The lowest BCUT2D eigenvalue weighted by atomic mass is 9.95. The first-order valence-electron chi connectivity index (χ1n) is 6.71. The summed E-state index contributed by atoms with van der Waals surface area (Å²) in [5.41, 5.74) is 0. The van der Waals surface area contributed by atoms with Crippen LogP contribution in [-0.4, -0.2) is 26.2 Å². The van der Waals surface area contributed by atoms with E-state index in [0.717, 1.165) is 18.5 Å². The van der Waals surface area contributed by atoms with Gasteiger partial charge in [0.2, 0.25) is 0 Å². The minimum absolute atomic E-state index is 0.825. The molecule has 1 saturated carbocycles. The monoisotopic (exact) mass is 212 g/mol. The highest BCUT2D eigenvalue weighted by Gasteiger charge is 2.13. The van der Waals surface area contributed by atoms with Gasteiger partial charge in [0.15, 0.2) is 0 Å². The molecule has 0 spiro atoms. The molecule has 0 amide bonds. The minimum atomic E-state index is 0.825. The van der Waals surface area contributed by atoms with Gasteiger partial charge in [0.05, 0.1) is 0 Å². The van der Waals surface area contributed by atoms with Gasteiger partial charge in [0.1, 0.15) is 0 Å². The van der Waals surface area contributed by atoms with Crippen molar-refractivity contribution < 1.29 is 0 Å². The molecule has 1 fully saturated rings. The Kier molecular flexibility index (Phi) is 7.03. The number of hydrogen-bond donors (Lipinski definition) is 2. The molecule has 2 N–H and O–H groups in total. The second-order valence-electron chi connectivity index (χ2n) is 5.09. The molecule has 15 heavy (non-hydrogen) atoms. The first-order valence-corrected chi connectivity index (χ1v) is 6.71. The molecule has 0 heterocycles. The summed E-state index contributed by atoms with van der Waals surface area (Å²) >= 11 is 0. The Morgan fingerprint density at radius 1 is 1.20 bits per heavy atom. The molecule has 0 aromatic heterocycles. The van der Waals surface area contributed by atoms with Gasteiger partial charge in [-0.3, -0.25) is 0 Å². The summed E-state index contributed by atoms with van der Waals surface area (Å²) in [5.74, 6) is 0.834. The van der Waals surface area contributed by atoms with Crippen LogP contribution in [0.25, 0.3) is 0 Å². The van der Waals surface area contributed by atoms with Gasteiger partial charge in [0.25, 0.3) is 0 Å². The van der Waals surface area contributed by atoms with Gasteiger partial charge in [-0.1, -0.05) is 26.2 Å². The molecule has 0 aromatic carbocycles. The van der Waals surface area contributed by atoms with E-state index in [9.17, 15) is 0 Å². The van der Waals surface area contributed by atoms with Gasteiger partial charge in [-0.2, -0.15) is 0 Å². The van der Waals surface area contributed by atoms with Crippen molar-refractivity contribution in [3.63, 3.8) is 0 Å². The van der Waals surface area contributed by atoms with Gasteiger partial charge < -0.3 is 10.6 Å². The van der Waals surface area contributed by atoms with Gasteiger partial charge in [0, 0.05) is 6.04 Å². The molecular formula is C13H28N2. The molecular weight excluding hydrogens is 184 g/mol. The third kappa shape index (κ3) is 6.16. The van der Waals surface area contributed by atoms with Crippen LogP contribution in [0.1, 0.15) is 51.9 Å². The average Bonchev–Trinajstić information content (AvgIpc) is 2.28. The van der Waals surface area contributed by atoms with Crippen LogP contribution in [0.4, 0.5) is 0 Å². The molecule has 90 valence electrons. The van der Waals surface area contributed by atoms with E-state index in [4.69, 9.17) is 0 Å². The molecule has 2 nitrogen and oxygen atoms in total. The molecule has 0 aromatic rings. The van der Waals surface area contributed by atoms with Crippen LogP contribution in [-0.2, 0) is 0 Å². The summed E-state index contributed by atoms with van der Waals surface area (Å²) in [7, 11) is 2.03. The van der Waals surface area contributed by atoms with Crippen molar-refractivity contribution >= 4 is 0 Å². The molecule has 1 atom stereocenters. The van der Waals surface area contributed by atoms with Crippen LogP contribution < -0.4 is 10.6 Å². The molecule has 0 saturated heterocycles. The van der Waals surface area contributed by atoms with E-state index >= 15 is 0 Å². The van der Waals surface area contributed by atoms with Crippen LogP contribution >= 0.6 is 0 Å². The van der Waals surface area contributed by atoms with E-state index in [1.165, 1.54) is 51.5 Å². The molecule has 1 aliphatic rings. The number of nitrogens with one attached hydrogen (secondary N) is 2. The van der Waals surface area contributed by atoms with Crippen molar-refractivity contribution in [1.29, 1.82) is 0 Å². The van der Waals surface area contributed by atoms with Crippen LogP contribution in [0.2, 0.25) is 0 Å². The highest BCUT2D eigenvalue weighted by molar-refractivity contribution is 4.72. The van der Waals surface area contributed by atoms with Crippen molar-refractivity contribution in [2.75, 3.05) is 20.1 Å². The normalized spacial score (nSPS) is 20.4. The standard InChI is InChI=1S/C13H28N2/c1-12(7-6-10-14-2)11-15-13-8-4-3-5-9-13/h12-15H,3-11H2,1-2H3. The predicted molar refractivity (Wildman–Crippen MR) is 67.2 cm³/mol. The quantitative estimate of drug-likeness (QED) is 0.634. The minimum Gasteiger partial charge on any atom is -0.320 e. The summed E-state index contributed by atoms with van der Waals surface area (Å²) in [5, 5.41) is 6.94. The Bertz CT molecular complexity index is 141. The highest BCUT2D eigenvalue weighted by atomic mass is 14.9. The van der Waals surface area contributed by atoms with Gasteiger partial charge in [-0.25, -0.2) is 0 Å². The maximum atomic E-state index is 3.73. The first kappa shape index (κ1) is 13.0. The number of hydrogen-bond acceptors (Lipinski definition) is 2. The Hall–Kier alpha value is -0.0800. The summed E-state index contributed by atoms with van der Waals surface area (Å²) < 4.78 is 0. The fraction of sp³-hybridized carbons (Fsp3) is 1.00. The molecule has 0 bridgehead atoms. The largest absolute Gasteiger partial charge is 0.320 e. The third-order valence-corrected chi connectivity index (χ3v) is 3.48. The average molecular weight is 212 g/mol. The third-order valence-electron chi connectivity index (χ3n) is 3.48. The van der Waals surface area contributed by atoms with Crippen molar-refractivity contribution in [2.24, 2.45) is 5.92 Å². The molecule has 1 rings (SSSR count).